The summed E-state index contributed by atoms with van der Waals surface area (Å²) in [6.45, 7) is 3.40. The fraction of sp³-hybridized carbons (Fsp3) is 0.333. The second-order valence-corrected chi connectivity index (χ2v) is 9.60. The lowest BCUT2D eigenvalue weighted by Crippen LogP contribution is -2.61. The van der Waals surface area contributed by atoms with Crippen LogP contribution in [0.25, 0.3) is 11.8 Å². The highest BCUT2D eigenvalue weighted by molar-refractivity contribution is 6.03. The molecule has 0 amide bonds. The summed E-state index contributed by atoms with van der Waals surface area (Å²) in [5, 5.41) is 7.72. The lowest BCUT2D eigenvalue weighted by molar-refractivity contribution is -0.0500. The third-order valence-corrected chi connectivity index (χ3v) is 7.39. The van der Waals surface area contributed by atoms with Gasteiger partial charge in [0.1, 0.15) is 11.3 Å². The molecule has 2 fully saturated rings. The molecule has 2 saturated heterocycles. The van der Waals surface area contributed by atoms with E-state index in [0.717, 1.165) is 47.5 Å². The Morgan fingerprint density at radius 3 is 2.73 bits per heavy atom. The van der Waals surface area contributed by atoms with Crippen LogP contribution < -0.4 is 10.1 Å². The average Bonchev–Trinajstić information content (AvgIpc) is 3.54. The number of benzene rings is 2. The first-order valence-corrected chi connectivity index (χ1v) is 12.2. The molecule has 0 bridgehead atoms. The van der Waals surface area contributed by atoms with Gasteiger partial charge in [-0.3, -0.25) is 0 Å². The maximum atomic E-state index is 14.3. The number of hydrogen-bond acceptors (Lipinski definition) is 6. The molecule has 0 radical (unpaired) electrons. The molecule has 3 aliphatic rings. The maximum Gasteiger partial charge on any atom is 0.194 e. The summed E-state index contributed by atoms with van der Waals surface area (Å²) in [6, 6.07) is 8.05. The third-order valence-electron chi connectivity index (χ3n) is 7.39. The molecule has 3 aliphatic heterocycles. The zero-order valence-electron chi connectivity index (χ0n) is 20.5. The van der Waals surface area contributed by atoms with Crippen molar-refractivity contribution in [3.63, 3.8) is 0 Å². The first kappa shape index (κ1) is 23.6. The van der Waals surface area contributed by atoms with Gasteiger partial charge >= 0.3 is 0 Å². The SMILES string of the molecule is COc1cc(C=C2CCCN3C2=NOC2CNC[C@]23c2cc(F)c(F)c(F)c2)ccc1-n1cnc(C)c1. The van der Waals surface area contributed by atoms with Crippen LogP contribution >= 0.6 is 0 Å². The fourth-order valence-electron chi connectivity index (χ4n) is 5.64. The normalized spacial score (nSPS) is 23.9. The minimum Gasteiger partial charge on any atom is -0.495 e. The van der Waals surface area contributed by atoms with Crippen molar-refractivity contribution in [2.45, 2.75) is 31.4 Å². The Balaban J connectivity index is 1.39. The van der Waals surface area contributed by atoms with Crippen LogP contribution in [0.4, 0.5) is 13.2 Å². The number of oxime groups is 1. The average molecular weight is 510 g/mol. The smallest absolute Gasteiger partial charge is 0.194 e. The summed E-state index contributed by atoms with van der Waals surface area (Å²) in [5.74, 6) is -2.60. The van der Waals surface area contributed by atoms with Crippen molar-refractivity contribution in [3.05, 3.63) is 82.7 Å². The van der Waals surface area contributed by atoms with E-state index in [1.165, 1.54) is 0 Å². The Hall–Kier alpha value is -3.79. The third kappa shape index (κ3) is 3.78. The monoisotopic (exact) mass is 509 g/mol. The highest BCUT2D eigenvalue weighted by Gasteiger charge is 2.55. The van der Waals surface area contributed by atoms with Gasteiger partial charge in [0.25, 0.3) is 0 Å². The molecule has 2 aromatic carbocycles. The van der Waals surface area contributed by atoms with Gasteiger partial charge in [0.05, 0.1) is 24.8 Å². The van der Waals surface area contributed by atoms with E-state index in [1.807, 2.05) is 42.0 Å². The molecule has 6 rings (SSSR count). The van der Waals surface area contributed by atoms with E-state index in [-0.39, 0.29) is 0 Å². The topological polar surface area (TPSA) is 63.9 Å². The molecular formula is C27H26F3N5O2. The van der Waals surface area contributed by atoms with Crippen molar-refractivity contribution < 1.29 is 22.7 Å². The molecular weight excluding hydrogens is 483 g/mol. The lowest BCUT2D eigenvalue weighted by atomic mass is 9.81. The van der Waals surface area contributed by atoms with Crippen LogP contribution in [-0.2, 0) is 10.4 Å². The minimum atomic E-state index is -1.48. The van der Waals surface area contributed by atoms with Crippen LogP contribution in [0.5, 0.6) is 5.75 Å². The van der Waals surface area contributed by atoms with Crippen LogP contribution in [0.15, 0.2) is 53.6 Å². The molecule has 0 saturated carbocycles. The number of rotatable bonds is 4. The van der Waals surface area contributed by atoms with Crippen LogP contribution in [0.1, 0.15) is 29.7 Å². The number of ether oxygens (including phenoxy) is 1. The number of methoxy groups -OCH3 is 1. The highest BCUT2D eigenvalue weighted by Crippen LogP contribution is 2.44. The van der Waals surface area contributed by atoms with Crippen LogP contribution in [0, 0.1) is 24.4 Å². The van der Waals surface area contributed by atoms with Crippen molar-refractivity contribution in [1.82, 2.24) is 19.8 Å². The fourth-order valence-corrected chi connectivity index (χ4v) is 5.64. The predicted molar refractivity (Wildman–Crippen MR) is 132 cm³/mol. The van der Waals surface area contributed by atoms with E-state index >= 15 is 0 Å². The van der Waals surface area contributed by atoms with Gasteiger partial charge in [-0.2, -0.15) is 0 Å². The number of hydrogen-bond donors (Lipinski definition) is 1. The zero-order valence-corrected chi connectivity index (χ0v) is 20.5. The molecule has 1 unspecified atom stereocenters. The zero-order chi connectivity index (χ0) is 25.7. The van der Waals surface area contributed by atoms with Gasteiger partial charge in [-0.05, 0) is 66.8 Å². The Bertz CT molecular complexity index is 1410. The summed E-state index contributed by atoms with van der Waals surface area (Å²) in [7, 11) is 1.62. The van der Waals surface area contributed by atoms with Crippen molar-refractivity contribution in [1.29, 1.82) is 0 Å². The molecule has 2 atom stereocenters. The van der Waals surface area contributed by atoms with Crippen LogP contribution in [-0.4, -0.2) is 53.1 Å². The minimum absolute atomic E-state index is 0.328. The van der Waals surface area contributed by atoms with Gasteiger partial charge in [-0.25, -0.2) is 18.2 Å². The van der Waals surface area contributed by atoms with Gasteiger partial charge in [-0.1, -0.05) is 11.2 Å². The Labute approximate surface area is 212 Å². The summed E-state index contributed by atoms with van der Waals surface area (Å²) in [6.07, 6.45) is 6.79. The molecule has 1 N–H and O–H groups in total. The van der Waals surface area contributed by atoms with E-state index in [4.69, 9.17) is 9.57 Å². The van der Waals surface area contributed by atoms with E-state index in [0.29, 0.717) is 36.8 Å². The molecule has 0 spiro atoms. The first-order chi connectivity index (χ1) is 17.9. The summed E-state index contributed by atoms with van der Waals surface area (Å²) in [4.78, 5) is 12.2. The van der Waals surface area contributed by atoms with E-state index < -0.39 is 29.1 Å². The Kier molecular flexibility index (Phi) is 5.71. The summed E-state index contributed by atoms with van der Waals surface area (Å²) >= 11 is 0. The molecule has 37 heavy (non-hydrogen) atoms. The number of halogens is 3. The predicted octanol–water partition coefficient (Wildman–Crippen LogP) is 4.30. The molecule has 3 aromatic rings. The van der Waals surface area contributed by atoms with E-state index in [2.05, 4.69) is 20.4 Å². The lowest BCUT2D eigenvalue weighted by Gasteiger charge is -2.50. The number of aromatic nitrogens is 2. The van der Waals surface area contributed by atoms with Crippen LogP contribution in [0.2, 0.25) is 0 Å². The molecule has 7 nitrogen and oxygen atoms in total. The Morgan fingerprint density at radius 1 is 1.19 bits per heavy atom. The van der Waals surface area contributed by atoms with Crippen molar-refractivity contribution in [2.24, 2.45) is 5.16 Å². The molecule has 0 aliphatic carbocycles. The van der Waals surface area contributed by atoms with Crippen molar-refractivity contribution in [2.75, 3.05) is 26.7 Å². The number of piperidine rings is 1. The number of amidine groups is 1. The van der Waals surface area contributed by atoms with E-state index in [9.17, 15) is 13.2 Å². The molecule has 1 aromatic heterocycles. The number of nitrogens with one attached hydrogen (secondary N) is 1. The van der Waals surface area contributed by atoms with Crippen molar-refractivity contribution >= 4 is 11.9 Å². The standard InChI is InChI=1S/C27H26F3N5O2/c1-16-13-34(15-32-16)22-6-5-17(9-23(22)36-2)8-18-4-3-7-35-26(18)33-37-24-12-31-14-27(24,35)19-10-20(28)25(30)21(29)11-19/h5-6,8-11,13,15,24,31H,3-4,7,12,14H2,1-2H3/t24?,27-/m0/s1. The largest absolute Gasteiger partial charge is 0.495 e. The number of fused-ring (bicyclic) bond motifs is 3. The van der Waals surface area contributed by atoms with Gasteiger partial charge in [-0.15, -0.1) is 0 Å². The first-order valence-electron chi connectivity index (χ1n) is 12.2. The number of nitrogens with zero attached hydrogens (tertiary/aromatic N) is 4. The van der Waals surface area contributed by atoms with Crippen molar-refractivity contribution in [3.8, 4) is 11.4 Å². The molecule has 4 heterocycles. The van der Waals surface area contributed by atoms with Gasteiger partial charge in [0.15, 0.2) is 29.4 Å². The molecule has 10 heteroatoms. The molecule has 192 valence electrons. The van der Waals surface area contributed by atoms with Gasteiger partial charge in [0.2, 0.25) is 0 Å². The summed E-state index contributed by atoms with van der Waals surface area (Å²) < 4.78 is 50.0. The summed E-state index contributed by atoms with van der Waals surface area (Å²) in [5.41, 5.74) is 3.04. The Morgan fingerprint density at radius 2 is 2.00 bits per heavy atom. The number of imidazole rings is 1. The second-order valence-electron chi connectivity index (χ2n) is 9.60. The highest BCUT2D eigenvalue weighted by atomic mass is 19.2. The maximum absolute atomic E-state index is 14.3. The van der Waals surface area contributed by atoms with Gasteiger partial charge < -0.3 is 24.4 Å². The quantitative estimate of drug-likeness (QED) is 0.532. The van der Waals surface area contributed by atoms with Crippen LogP contribution in [0.3, 0.4) is 0 Å². The van der Waals surface area contributed by atoms with E-state index in [1.54, 1.807) is 13.4 Å². The van der Waals surface area contributed by atoms with Gasteiger partial charge in [0, 0.05) is 25.8 Å². The number of aryl methyl sites for hydroxylation is 1. The second kappa shape index (κ2) is 8.95.